The Hall–Kier alpha value is -3.05. The number of rotatable bonds is 6. The van der Waals surface area contributed by atoms with Crippen molar-refractivity contribution < 1.29 is 23.9 Å². The normalized spacial score (nSPS) is 9.84. The van der Waals surface area contributed by atoms with Crippen molar-refractivity contribution in [2.75, 3.05) is 18.5 Å². The molecule has 0 aliphatic heterocycles. The van der Waals surface area contributed by atoms with Gasteiger partial charge in [0.15, 0.2) is 10.8 Å². The molecule has 0 aliphatic carbocycles. The summed E-state index contributed by atoms with van der Waals surface area (Å²) in [6.07, 6.45) is 6.96. The SMILES string of the molecule is C.C.CCOC(=O)C(N)=S.CCOC(=O)c1nc(-c2c[nH]c3ncc(Br)cc23)cs1.O=C(CBr)c1c[nH]c2ncc(Br)cc12. The molecule has 5 heterocycles. The number of carbonyl (C=O) groups is 3. The average Bonchev–Trinajstić information content (AvgIpc) is 3.71. The first kappa shape index (κ1) is 39.0. The Morgan fingerprint density at radius 1 is 0.955 bits per heavy atom. The van der Waals surface area contributed by atoms with E-state index in [1.165, 1.54) is 11.3 Å². The Balaban J connectivity index is 0.000000354. The molecule has 5 rings (SSSR count). The molecule has 44 heavy (non-hydrogen) atoms. The fourth-order valence-corrected chi connectivity index (χ4v) is 5.09. The molecule has 0 amide bonds. The number of nitrogens with zero attached hydrogens (tertiary/aromatic N) is 3. The van der Waals surface area contributed by atoms with Crippen LogP contribution in [0.4, 0.5) is 0 Å². The fourth-order valence-electron chi connectivity index (χ4n) is 3.36. The standard InChI is InChI=1S/C13H10BrN3O2S.C9H6Br2N2O.C4H7NO2S.2CH4/c1-2-19-13(18)12-17-10(6-20-12)9-5-16-11-8(9)3-7(14)4-15-11;10-2-8(14)7-4-13-9-6(7)1-5(11)3-12-9;1-2-7-4(6)3(5)8;;/h3-6H,2H2,1H3,(H,15,16);1,3-4H,2H2,(H,12,13);2H2,1H3,(H2,5,8);2*1H4. The molecule has 4 N–H and O–H groups in total. The second-order valence-corrected chi connectivity index (χ2v) is 11.6. The maximum atomic E-state index is 11.6. The molecule has 0 atom stereocenters. The topological polar surface area (TPSA) is 166 Å². The number of thiocarbonyl (C=S) groups is 1. The number of Topliss-reactive ketones (excluding diaryl/α,β-unsaturated/α-hetero) is 1. The number of nitrogens with one attached hydrogen (secondary N) is 2. The van der Waals surface area contributed by atoms with Crippen LogP contribution in [-0.2, 0) is 14.3 Å². The minimum atomic E-state index is -0.609. The zero-order valence-corrected chi connectivity index (χ0v) is 28.5. The van der Waals surface area contributed by atoms with Gasteiger partial charge in [-0.05, 0) is 57.8 Å². The van der Waals surface area contributed by atoms with Crippen molar-refractivity contribution in [3.63, 3.8) is 0 Å². The van der Waals surface area contributed by atoms with Crippen LogP contribution in [0.15, 0.2) is 51.2 Å². The number of aromatic nitrogens is 5. The van der Waals surface area contributed by atoms with Crippen molar-refractivity contribution in [3.05, 3.63) is 61.8 Å². The zero-order chi connectivity index (χ0) is 30.8. The monoisotopic (exact) mass is 832 g/mol. The van der Waals surface area contributed by atoms with Gasteiger partial charge in [-0.2, -0.15) is 0 Å². The first-order valence-corrected chi connectivity index (χ1v) is 16.0. The van der Waals surface area contributed by atoms with Crippen LogP contribution in [0, 0.1) is 0 Å². The predicted molar refractivity (Wildman–Crippen MR) is 190 cm³/mol. The molecule has 11 nitrogen and oxygen atoms in total. The lowest BCUT2D eigenvalue weighted by atomic mass is 10.2. The lowest BCUT2D eigenvalue weighted by molar-refractivity contribution is -0.134. The van der Waals surface area contributed by atoms with Crippen molar-refractivity contribution in [2.24, 2.45) is 5.73 Å². The number of ketones is 1. The molecule has 0 bridgehead atoms. The second kappa shape index (κ2) is 18.7. The smallest absolute Gasteiger partial charge is 0.367 e. The highest BCUT2D eigenvalue weighted by Crippen LogP contribution is 2.30. The number of nitrogens with two attached hydrogens (primary N) is 1. The number of thiazole rings is 1. The van der Waals surface area contributed by atoms with E-state index in [9.17, 15) is 14.4 Å². The quantitative estimate of drug-likeness (QED) is 0.0670. The lowest BCUT2D eigenvalue weighted by Crippen LogP contribution is -2.23. The maximum Gasteiger partial charge on any atom is 0.367 e. The van der Waals surface area contributed by atoms with Crippen LogP contribution in [0.25, 0.3) is 33.3 Å². The number of fused-ring (bicyclic) bond motifs is 2. The molecule has 5 aromatic heterocycles. The molecule has 5 aromatic rings. The number of hydrogen-bond donors (Lipinski definition) is 3. The lowest BCUT2D eigenvalue weighted by Gasteiger charge is -1.96. The fraction of sp³-hybridized carbons (Fsp3) is 0.250. The highest BCUT2D eigenvalue weighted by Gasteiger charge is 2.16. The summed E-state index contributed by atoms with van der Waals surface area (Å²) < 4.78 is 11.1. The second-order valence-electron chi connectivity index (χ2n) is 7.90. The molecule has 0 saturated carbocycles. The number of ether oxygens (including phenoxy) is 2. The number of halogens is 3. The van der Waals surface area contributed by atoms with Crippen LogP contribution in [0.1, 0.15) is 48.9 Å². The zero-order valence-electron chi connectivity index (χ0n) is 22.1. The summed E-state index contributed by atoms with van der Waals surface area (Å²) >= 11 is 15.4. The van der Waals surface area contributed by atoms with E-state index < -0.39 is 5.97 Å². The molecule has 0 spiro atoms. The van der Waals surface area contributed by atoms with Gasteiger partial charge in [0.25, 0.3) is 0 Å². The van der Waals surface area contributed by atoms with E-state index in [2.05, 4.69) is 89.7 Å². The summed E-state index contributed by atoms with van der Waals surface area (Å²) in [7, 11) is 0. The number of aromatic amines is 2. The van der Waals surface area contributed by atoms with Crippen LogP contribution in [0.2, 0.25) is 0 Å². The molecular weight excluding hydrogens is 804 g/mol. The van der Waals surface area contributed by atoms with Crippen molar-refractivity contribution >= 4 is 116 Å². The average molecular weight is 835 g/mol. The third-order valence-electron chi connectivity index (χ3n) is 5.12. The van der Waals surface area contributed by atoms with Crippen LogP contribution >= 0.6 is 71.3 Å². The van der Waals surface area contributed by atoms with Gasteiger partial charge >= 0.3 is 11.9 Å². The minimum Gasteiger partial charge on any atom is -0.461 e. The Kier molecular flexibility index (Phi) is 16.6. The summed E-state index contributed by atoms with van der Waals surface area (Å²) in [6.45, 7) is 4.12. The number of carbonyl (C=O) groups excluding carboxylic acids is 3. The number of hydrogen-bond acceptors (Lipinski definition) is 10. The molecule has 0 radical (unpaired) electrons. The summed E-state index contributed by atoms with van der Waals surface area (Å²) in [5.74, 6) is -0.943. The van der Waals surface area contributed by atoms with Crippen LogP contribution < -0.4 is 5.73 Å². The largest absolute Gasteiger partial charge is 0.461 e. The summed E-state index contributed by atoms with van der Waals surface area (Å²) in [4.78, 5) is 52.0. The van der Waals surface area contributed by atoms with E-state index in [-0.39, 0.29) is 31.6 Å². The number of H-pyrrole nitrogens is 2. The first-order valence-electron chi connectivity index (χ1n) is 12.0. The van der Waals surface area contributed by atoms with Gasteiger partial charge in [0.05, 0.1) is 24.2 Å². The van der Waals surface area contributed by atoms with E-state index in [1.54, 1.807) is 32.4 Å². The Morgan fingerprint density at radius 3 is 2.07 bits per heavy atom. The molecule has 0 aliphatic rings. The molecular formula is C28H31Br3N6O5S2. The molecule has 0 fully saturated rings. The van der Waals surface area contributed by atoms with Gasteiger partial charge in [-0.25, -0.2) is 24.5 Å². The highest BCUT2D eigenvalue weighted by molar-refractivity contribution is 9.10. The van der Waals surface area contributed by atoms with Crippen LogP contribution in [-0.4, -0.2) is 66.2 Å². The van der Waals surface area contributed by atoms with Gasteiger partial charge < -0.3 is 25.2 Å². The van der Waals surface area contributed by atoms with Crippen molar-refractivity contribution in [1.29, 1.82) is 0 Å². The van der Waals surface area contributed by atoms with Gasteiger partial charge in [-0.15, -0.1) is 11.3 Å². The van der Waals surface area contributed by atoms with Crippen molar-refractivity contribution in [2.45, 2.75) is 28.7 Å². The van der Waals surface area contributed by atoms with Crippen LogP contribution in [0.5, 0.6) is 0 Å². The summed E-state index contributed by atoms with van der Waals surface area (Å²) in [5.41, 5.74) is 8.73. The van der Waals surface area contributed by atoms with Gasteiger partial charge in [-0.1, -0.05) is 43.0 Å². The van der Waals surface area contributed by atoms with E-state index in [0.29, 0.717) is 29.1 Å². The third-order valence-corrected chi connectivity index (χ3v) is 7.49. The highest BCUT2D eigenvalue weighted by atomic mass is 79.9. The molecule has 16 heteroatoms. The van der Waals surface area contributed by atoms with E-state index in [4.69, 9.17) is 10.5 Å². The summed E-state index contributed by atoms with van der Waals surface area (Å²) in [6, 6.07) is 3.85. The van der Waals surface area contributed by atoms with E-state index >= 15 is 0 Å². The van der Waals surface area contributed by atoms with Gasteiger partial charge in [0.1, 0.15) is 11.3 Å². The number of pyridine rings is 2. The van der Waals surface area contributed by atoms with Gasteiger partial charge in [-0.3, -0.25) is 4.79 Å². The summed E-state index contributed by atoms with van der Waals surface area (Å²) in [5, 5.41) is 4.34. The van der Waals surface area contributed by atoms with Crippen LogP contribution in [0.3, 0.4) is 0 Å². The maximum absolute atomic E-state index is 11.6. The molecule has 236 valence electrons. The number of esters is 2. The Bertz CT molecular complexity index is 1740. The van der Waals surface area contributed by atoms with E-state index in [0.717, 1.165) is 42.3 Å². The third kappa shape index (κ3) is 10.3. The van der Waals surface area contributed by atoms with Crippen molar-refractivity contribution in [1.82, 2.24) is 24.9 Å². The molecule has 0 aromatic carbocycles. The first-order chi connectivity index (χ1) is 20.1. The number of alkyl halides is 1. The Labute approximate surface area is 289 Å². The minimum absolute atomic E-state index is 0. The van der Waals surface area contributed by atoms with Crippen molar-refractivity contribution in [3.8, 4) is 11.3 Å². The molecule has 0 saturated heterocycles. The predicted octanol–water partition coefficient (Wildman–Crippen LogP) is 7.64. The molecule has 0 unspecified atom stereocenters. The van der Waals surface area contributed by atoms with E-state index in [1.807, 2.05) is 23.7 Å². The Morgan fingerprint density at radius 2 is 1.52 bits per heavy atom. The van der Waals surface area contributed by atoms with Gasteiger partial charge in [0.2, 0.25) is 5.01 Å². The van der Waals surface area contributed by atoms with Gasteiger partial charge in [0, 0.05) is 61.0 Å².